The number of imide groups is 1. The Bertz CT molecular complexity index is 829. The number of hydrogen-bond donors (Lipinski definition) is 1. The zero-order valence-corrected chi connectivity index (χ0v) is 16.1. The number of benzene rings is 2. The lowest BCUT2D eigenvalue weighted by Gasteiger charge is -2.10. The van der Waals surface area contributed by atoms with E-state index in [0.29, 0.717) is 24.0 Å². The molecule has 0 spiro atoms. The van der Waals surface area contributed by atoms with Gasteiger partial charge in [-0.3, -0.25) is 14.9 Å². The molecule has 0 aliphatic heterocycles. The average Bonchev–Trinajstić information content (AvgIpc) is 2.70. The van der Waals surface area contributed by atoms with Crippen molar-refractivity contribution in [3.8, 4) is 11.5 Å². The van der Waals surface area contributed by atoms with Crippen molar-refractivity contribution in [1.82, 2.24) is 5.32 Å². The van der Waals surface area contributed by atoms with Crippen molar-refractivity contribution in [3.05, 3.63) is 59.7 Å². The van der Waals surface area contributed by atoms with Crippen LogP contribution < -0.4 is 14.8 Å². The Morgan fingerprint density at radius 3 is 2.32 bits per heavy atom. The van der Waals surface area contributed by atoms with E-state index in [1.807, 2.05) is 13.8 Å². The minimum atomic E-state index is -0.735. The first-order valence-corrected chi connectivity index (χ1v) is 8.78. The summed E-state index contributed by atoms with van der Waals surface area (Å²) in [6.07, 6.45) is 0. The number of nitrogens with one attached hydrogen (secondary N) is 1. The molecule has 1 N–H and O–H groups in total. The van der Waals surface area contributed by atoms with Crippen LogP contribution in [0, 0.1) is 5.92 Å². The smallest absolute Gasteiger partial charge is 0.338 e. The molecular formula is C21H23NO6. The molecule has 0 aliphatic rings. The topological polar surface area (TPSA) is 90.9 Å². The van der Waals surface area contributed by atoms with Crippen molar-refractivity contribution in [3.63, 3.8) is 0 Å². The van der Waals surface area contributed by atoms with Gasteiger partial charge in [0.1, 0.15) is 11.5 Å². The standard InChI is InChI=1S/C21H23NO6/c1-14(2)12-27-16-10-8-15(9-11-16)21(25)28-13-19(23)22-20(24)17-6-4-5-7-18(17)26-3/h4-11,14H,12-13H2,1-3H3,(H,22,23,24). The van der Waals surface area contributed by atoms with Gasteiger partial charge in [0.25, 0.3) is 11.8 Å². The van der Waals surface area contributed by atoms with Gasteiger partial charge in [-0.1, -0.05) is 26.0 Å². The third-order valence-corrected chi connectivity index (χ3v) is 3.61. The second kappa shape index (κ2) is 10.1. The normalized spacial score (nSPS) is 10.3. The molecule has 7 heteroatoms. The van der Waals surface area contributed by atoms with Crippen molar-refractivity contribution < 1.29 is 28.6 Å². The maximum absolute atomic E-state index is 12.1. The Kier molecular flexibility index (Phi) is 7.56. The number of rotatable bonds is 8. The highest BCUT2D eigenvalue weighted by Crippen LogP contribution is 2.17. The van der Waals surface area contributed by atoms with Gasteiger partial charge in [-0.2, -0.15) is 0 Å². The van der Waals surface area contributed by atoms with E-state index >= 15 is 0 Å². The Balaban J connectivity index is 1.85. The molecule has 0 bridgehead atoms. The van der Waals surface area contributed by atoms with Gasteiger partial charge in [-0.05, 0) is 42.3 Å². The molecule has 2 aromatic rings. The van der Waals surface area contributed by atoms with Gasteiger partial charge in [0, 0.05) is 0 Å². The third-order valence-electron chi connectivity index (χ3n) is 3.61. The maximum Gasteiger partial charge on any atom is 0.338 e. The first-order valence-electron chi connectivity index (χ1n) is 8.78. The van der Waals surface area contributed by atoms with E-state index in [1.54, 1.807) is 42.5 Å². The molecule has 0 atom stereocenters. The van der Waals surface area contributed by atoms with E-state index in [9.17, 15) is 14.4 Å². The van der Waals surface area contributed by atoms with E-state index in [-0.39, 0.29) is 11.1 Å². The summed E-state index contributed by atoms with van der Waals surface area (Å²) in [5.41, 5.74) is 0.488. The van der Waals surface area contributed by atoms with Crippen LogP contribution in [0.3, 0.4) is 0 Å². The summed E-state index contributed by atoms with van der Waals surface area (Å²) in [7, 11) is 1.43. The molecule has 0 aromatic heterocycles. The summed E-state index contributed by atoms with van der Waals surface area (Å²) < 4.78 is 15.6. The summed E-state index contributed by atoms with van der Waals surface area (Å²) in [5, 5.41) is 2.16. The lowest BCUT2D eigenvalue weighted by Crippen LogP contribution is -2.34. The zero-order chi connectivity index (χ0) is 20.5. The molecule has 0 fully saturated rings. The van der Waals surface area contributed by atoms with Crippen molar-refractivity contribution in [1.29, 1.82) is 0 Å². The van der Waals surface area contributed by atoms with Crippen molar-refractivity contribution in [2.75, 3.05) is 20.3 Å². The van der Waals surface area contributed by atoms with Crippen LogP contribution in [0.4, 0.5) is 0 Å². The van der Waals surface area contributed by atoms with Crippen molar-refractivity contribution in [2.24, 2.45) is 5.92 Å². The largest absolute Gasteiger partial charge is 0.496 e. The number of methoxy groups -OCH3 is 1. The summed E-state index contributed by atoms with van der Waals surface area (Å²) in [6.45, 7) is 4.07. The monoisotopic (exact) mass is 385 g/mol. The molecule has 0 aliphatic carbocycles. The Morgan fingerprint density at radius 2 is 1.68 bits per heavy atom. The molecule has 0 heterocycles. The molecule has 148 valence electrons. The van der Waals surface area contributed by atoms with Crippen LogP contribution in [0.25, 0.3) is 0 Å². The molecule has 2 rings (SSSR count). The molecule has 0 saturated carbocycles. The van der Waals surface area contributed by atoms with Gasteiger partial charge in [0.05, 0.1) is 24.8 Å². The molecule has 28 heavy (non-hydrogen) atoms. The van der Waals surface area contributed by atoms with E-state index in [4.69, 9.17) is 14.2 Å². The van der Waals surface area contributed by atoms with E-state index in [2.05, 4.69) is 5.32 Å². The third kappa shape index (κ3) is 6.12. The van der Waals surface area contributed by atoms with Gasteiger partial charge >= 0.3 is 5.97 Å². The summed E-state index contributed by atoms with van der Waals surface area (Å²) in [6, 6.07) is 12.9. The number of para-hydroxylation sites is 1. The predicted molar refractivity (Wildman–Crippen MR) is 103 cm³/mol. The second-order valence-corrected chi connectivity index (χ2v) is 6.38. The Hall–Kier alpha value is -3.35. The minimum Gasteiger partial charge on any atom is -0.496 e. The summed E-state index contributed by atoms with van der Waals surface area (Å²) in [4.78, 5) is 36.1. The molecule has 0 saturated heterocycles. The number of esters is 1. The first kappa shape index (κ1) is 21.0. The SMILES string of the molecule is COc1ccccc1C(=O)NC(=O)COC(=O)c1ccc(OCC(C)C)cc1. The maximum atomic E-state index is 12.1. The van der Waals surface area contributed by atoms with Crippen LogP contribution in [0.5, 0.6) is 11.5 Å². The summed E-state index contributed by atoms with van der Waals surface area (Å²) >= 11 is 0. The lowest BCUT2D eigenvalue weighted by molar-refractivity contribution is -0.123. The first-order chi connectivity index (χ1) is 13.4. The van der Waals surface area contributed by atoms with Crippen LogP contribution in [0.2, 0.25) is 0 Å². The Labute approximate surface area is 163 Å². The quantitative estimate of drug-likeness (QED) is 0.703. The zero-order valence-electron chi connectivity index (χ0n) is 16.1. The van der Waals surface area contributed by atoms with Crippen LogP contribution in [0.15, 0.2) is 48.5 Å². The molecule has 0 radical (unpaired) electrons. The van der Waals surface area contributed by atoms with Gasteiger partial charge in [-0.25, -0.2) is 4.79 Å². The fourth-order valence-electron chi connectivity index (χ4n) is 2.23. The van der Waals surface area contributed by atoms with Crippen LogP contribution in [0.1, 0.15) is 34.6 Å². The van der Waals surface area contributed by atoms with Crippen molar-refractivity contribution in [2.45, 2.75) is 13.8 Å². The molecule has 2 aromatic carbocycles. The number of hydrogen-bond acceptors (Lipinski definition) is 6. The highest BCUT2D eigenvalue weighted by atomic mass is 16.5. The molecule has 2 amide bonds. The highest BCUT2D eigenvalue weighted by Gasteiger charge is 2.16. The van der Waals surface area contributed by atoms with E-state index in [1.165, 1.54) is 13.2 Å². The van der Waals surface area contributed by atoms with Crippen LogP contribution in [-0.2, 0) is 9.53 Å². The minimum absolute atomic E-state index is 0.210. The number of carbonyl (C=O) groups excluding carboxylic acids is 3. The van der Waals surface area contributed by atoms with E-state index < -0.39 is 24.4 Å². The fraction of sp³-hybridized carbons (Fsp3) is 0.286. The number of amides is 2. The highest BCUT2D eigenvalue weighted by molar-refractivity contribution is 6.07. The molecular weight excluding hydrogens is 362 g/mol. The van der Waals surface area contributed by atoms with Gasteiger partial charge in [-0.15, -0.1) is 0 Å². The van der Waals surface area contributed by atoms with Crippen LogP contribution >= 0.6 is 0 Å². The van der Waals surface area contributed by atoms with Gasteiger partial charge < -0.3 is 14.2 Å². The fourth-order valence-corrected chi connectivity index (χ4v) is 2.23. The Morgan fingerprint density at radius 1 is 1.00 bits per heavy atom. The van der Waals surface area contributed by atoms with Crippen molar-refractivity contribution >= 4 is 17.8 Å². The van der Waals surface area contributed by atoms with Gasteiger partial charge in [0.15, 0.2) is 6.61 Å². The number of ether oxygens (including phenoxy) is 3. The number of carbonyl (C=O) groups is 3. The predicted octanol–water partition coefficient (Wildman–Crippen LogP) is 2.84. The van der Waals surface area contributed by atoms with Gasteiger partial charge in [0.2, 0.25) is 0 Å². The second-order valence-electron chi connectivity index (χ2n) is 6.38. The average molecular weight is 385 g/mol. The molecule has 0 unspecified atom stereocenters. The lowest BCUT2D eigenvalue weighted by atomic mass is 10.2. The van der Waals surface area contributed by atoms with Crippen LogP contribution in [-0.4, -0.2) is 38.1 Å². The van der Waals surface area contributed by atoms with E-state index in [0.717, 1.165) is 0 Å². The molecule has 7 nitrogen and oxygen atoms in total. The summed E-state index contributed by atoms with van der Waals surface area (Å²) in [5.74, 6) is -0.668.